The molecule has 0 atom stereocenters. The molecular weight excluding hydrogens is 294 g/mol. The van der Waals surface area contributed by atoms with Gasteiger partial charge in [0.1, 0.15) is 11.3 Å². The fourth-order valence-corrected chi connectivity index (χ4v) is 1.36. The van der Waals surface area contributed by atoms with Crippen molar-refractivity contribution in [2.24, 2.45) is 0 Å². The maximum atomic E-state index is 13.8. The quantitative estimate of drug-likeness (QED) is 0.487. The van der Waals surface area contributed by atoms with Crippen LogP contribution >= 0.6 is 11.6 Å². The predicted octanol–water partition coefficient (Wildman–Crippen LogP) is 3.03. The van der Waals surface area contributed by atoms with Gasteiger partial charge in [-0.2, -0.15) is 0 Å². The molecule has 9 heteroatoms. The highest BCUT2D eigenvalue weighted by molar-refractivity contribution is 6.17. The van der Waals surface area contributed by atoms with Gasteiger partial charge in [-0.15, -0.1) is 24.8 Å². The number of esters is 1. The summed E-state index contributed by atoms with van der Waals surface area (Å²) in [6.45, 7) is 1.40. The van der Waals surface area contributed by atoms with Crippen LogP contribution in [0, 0.1) is 5.82 Å². The van der Waals surface area contributed by atoms with E-state index in [2.05, 4.69) is 14.5 Å². The zero-order valence-corrected chi connectivity index (χ0v) is 10.3. The van der Waals surface area contributed by atoms with Crippen LogP contribution in [0.4, 0.5) is 17.6 Å². The molecule has 0 aromatic carbocycles. The van der Waals surface area contributed by atoms with Crippen LogP contribution in [0.3, 0.4) is 0 Å². The summed E-state index contributed by atoms with van der Waals surface area (Å²) in [6, 6.07) is 0. The second-order valence-corrected chi connectivity index (χ2v) is 3.43. The highest BCUT2D eigenvalue weighted by Gasteiger charge is 2.35. The van der Waals surface area contributed by atoms with E-state index in [1.54, 1.807) is 0 Å². The Labute approximate surface area is 110 Å². The number of alkyl halides is 4. The smallest absolute Gasteiger partial charge is 0.462 e. The molecule has 0 bridgehead atoms. The summed E-state index contributed by atoms with van der Waals surface area (Å²) in [5.74, 6) is -4.39. The molecule has 0 unspecified atom stereocenters. The molecule has 1 aromatic rings. The van der Waals surface area contributed by atoms with Crippen LogP contribution in [0.1, 0.15) is 23.0 Å². The van der Waals surface area contributed by atoms with Crippen LogP contribution in [0.25, 0.3) is 0 Å². The number of nitrogens with zero attached hydrogens (tertiary/aromatic N) is 1. The predicted molar refractivity (Wildman–Crippen MR) is 56.4 cm³/mol. The minimum Gasteiger partial charge on any atom is -0.462 e. The van der Waals surface area contributed by atoms with E-state index >= 15 is 0 Å². The number of pyridine rings is 1. The molecule has 19 heavy (non-hydrogen) atoms. The average molecular weight is 302 g/mol. The fraction of sp³-hybridized carbons (Fsp3) is 0.400. The lowest BCUT2D eigenvalue weighted by Crippen LogP contribution is -2.21. The maximum absolute atomic E-state index is 13.8. The van der Waals surface area contributed by atoms with Crippen molar-refractivity contribution in [3.8, 4) is 5.75 Å². The first-order valence-corrected chi connectivity index (χ1v) is 5.49. The van der Waals surface area contributed by atoms with Crippen molar-refractivity contribution in [3.05, 3.63) is 23.3 Å². The Kier molecular flexibility index (Phi) is 4.93. The summed E-state index contributed by atoms with van der Waals surface area (Å²) in [7, 11) is 0. The van der Waals surface area contributed by atoms with Crippen molar-refractivity contribution in [3.63, 3.8) is 0 Å². The van der Waals surface area contributed by atoms with Gasteiger partial charge < -0.3 is 9.47 Å². The van der Waals surface area contributed by atoms with E-state index in [4.69, 9.17) is 11.6 Å². The van der Waals surface area contributed by atoms with Gasteiger partial charge in [0.15, 0.2) is 11.6 Å². The molecule has 4 nitrogen and oxygen atoms in total. The second kappa shape index (κ2) is 6.05. The number of hydrogen-bond donors (Lipinski definition) is 0. The third-order valence-corrected chi connectivity index (χ3v) is 2.14. The lowest BCUT2D eigenvalue weighted by molar-refractivity contribution is -0.276. The Morgan fingerprint density at radius 3 is 2.58 bits per heavy atom. The van der Waals surface area contributed by atoms with Crippen LogP contribution in [-0.2, 0) is 10.6 Å². The van der Waals surface area contributed by atoms with Gasteiger partial charge in [-0.3, -0.25) is 4.98 Å². The van der Waals surface area contributed by atoms with E-state index in [1.807, 2.05) is 0 Å². The lowest BCUT2D eigenvalue weighted by Gasteiger charge is -2.13. The Bertz CT molecular complexity index is 479. The van der Waals surface area contributed by atoms with Crippen LogP contribution in [0.2, 0.25) is 0 Å². The molecule has 0 fully saturated rings. The van der Waals surface area contributed by atoms with Gasteiger partial charge in [0.2, 0.25) is 0 Å². The SMILES string of the molecule is CCOC(=O)c1cnc(CCl)c(OC(F)(F)F)c1F. The van der Waals surface area contributed by atoms with Gasteiger partial charge in [-0.25, -0.2) is 9.18 Å². The first kappa shape index (κ1) is 15.5. The molecule has 0 saturated carbocycles. The van der Waals surface area contributed by atoms with E-state index < -0.39 is 41.0 Å². The molecule has 0 amide bonds. The Morgan fingerprint density at radius 1 is 1.47 bits per heavy atom. The van der Waals surface area contributed by atoms with E-state index in [-0.39, 0.29) is 6.61 Å². The Balaban J connectivity index is 3.25. The van der Waals surface area contributed by atoms with Crippen LogP contribution in [0.5, 0.6) is 5.75 Å². The molecule has 0 aliphatic carbocycles. The van der Waals surface area contributed by atoms with Crippen molar-refractivity contribution >= 4 is 17.6 Å². The third-order valence-electron chi connectivity index (χ3n) is 1.89. The molecule has 106 valence electrons. The molecule has 1 rings (SSSR count). The number of aromatic nitrogens is 1. The molecule has 0 spiro atoms. The van der Waals surface area contributed by atoms with Crippen molar-refractivity contribution < 1.29 is 31.8 Å². The third kappa shape index (κ3) is 3.95. The van der Waals surface area contributed by atoms with Crippen molar-refractivity contribution in [2.45, 2.75) is 19.2 Å². The molecular formula is C10H8ClF4NO3. The minimum absolute atomic E-state index is 0.0645. The number of ether oxygens (including phenoxy) is 2. The van der Waals surface area contributed by atoms with Gasteiger partial charge in [0, 0.05) is 6.20 Å². The monoisotopic (exact) mass is 301 g/mol. The zero-order valence-electron chi connectivity index (χ0n) is 9.55. The van der Waals surface area contributed by atoms with Crippen molar-refractivity contribution in [2.75, 3.05) is 6.61 Å². The average Bonchev–Trinajstić information content (AvgIpc) is 2.30. The highest BCUT2D eigenvalue weighted by Crippen LogP contribution is 2.31. The zero-order chi connectivity index (χ0) is 14.6. The van der Waals surface area contributed by atoms with Crippen molar-refractivity contribution in [1.29, 1.82) is 0 Å². The second-order valence-electron chi connectivity index (χ2n) is 3.16. The van der Waals surface area contributed by atoms with Crippen molar-refractivity contribution in [1.82, 2.24) is 4.98 Å². The topological polar surface area (TPSA) is 48.4 Å². The summed E-state index contributed by atoms with van der Waals surface area (Å²) in [4.78, 5) is 14.8. The van der Waals surface area contributed by atoms with Crippen LogP contribution in [-0.4, -0.2) is 23.9 Å². The maximum Gasteiger partial charge on any atom is 0.573 e. The highest BCUT2D eigenvalue weighted by atomic mass is 35.5. The van der Waals surface area contributed by atoms with Crippen LogP contribution in [0.15, 0.2) is 6.20 Å². The standard InChI is InChI=1S/C10H8ClF4NO3/c1-2-18-9(17)5-4-16-6(3-11)8(7(5)12)19-10(13,14)15/h4H,2-3H2,1H3. The number of carbonyl (C=O) groups is 1. The van der Waals surface area contributed by atoms with Crippen LogP contribution < -0.4 is 4.74 Å². The Morgan fingerprint density at radius 2 is 2.11 bits per heavy atom. The summed E-state index contributed by atoms with van der Waals surface area (Å²) < 4.78 is 58.2. The van der Waals surface area contributed by atoms with E-state index in [0.29, 0.717) is 0 Å². The van der Waals surface area contributed by atoms with E-state index in [0.717, 1.165) is 6.20 Å². The summed E-state index contributed by atoms with van der Waals surface area (Å²) >= 11 is 5.33. The van der Waals surface area contributed by atoms with Gasteiger partial charge in [-0.1, -0.05) is 0 Å². The summed E-state index contributed by atoms with van der Waals surface area (Å²) in [5, 5.41) is 0. The molecule has 0 radical (unpaired) electrons. The minimum atomic E-state index is -5.13. The molecule has 1 aromatic heterocycles. The normalized spacial score (nSPS) is 11.3. The molecule has 0 aliphatic heterocycles. The van der Waals surface area contributed by atoms with Gasteiger partial charge in [-0.05, 0) is 6.92 Å². The van der Waals surface area contributed by atoms with E-state index in [1.165, 1.54) is 6.92 Å². The first-order chi connectivity index (χ1) is 8.80. The first-order valence-electron chi connectivity index (χ1n) is 4.96. The van der Waals surface area contributed by atoms with Gasteiger partial charge in [0.05, 0.1) is 12.5 Å². The largest absolute Gasteiger partial charge is 0.573 e. The molecule has 1 heterocycles. The lowest BCUT2D eigenvalue weighted by atomic mass is 10.2. The van der Waals surface area contributed by atoms with Gasteiger partial charge >= 0.3 is 12.3 Å². The number of halogens is 5. The van der Waals surface area contributed by atoms with Gasteiger partial charge in [0.25, 0.3) is 0 Å². The number of carbonyl (C=O) groups excluding carboxylic acids is 1. The summed E-state index contributed by atoms with van der Waals surface area (Å²) in [5.41, 5.74) is -1.22. The summed E-state index contributed by atoms with van der Waals surface area (Å²) in [6.07, 6.45) is -4.38. The molecule has 0 N–H and O–H groups in total. The number of hydrogen-bond acceptors (Lipinski definition) is 4. The fourth-order valence-electron chi connectivity index (χ4n) is 1.17. The number of rotatable bonds is 4. The molecule has 0 saturated heterocycles. The molecule has 0 aliphatic rings. The Hall–Kier alpha value is -1.57. The van der Waals surface area contributed by atoms with E-state index in [9.17, 15) is 22.4 Å².